The topological polar surface area (TPSA) is 49.4 Å². The van der Waals surface area contributed by atoms with Crippen molar-refractivity contribution in [3.63, 3.8) is 0 Å². The molecule has 1 amide bonds. The normalized spacial score (nSPS) is 25.1. The second-order valence-electron chi connectivity index (χ2n) is 9.23. The van der Waals surface area contributed by atoms with Crippen molar-refractivity contribution in [2.75, 3.05) is 11.4 Å². The van der Waals surface area contributed by atoms with Crippen molar-refractivity contribution < 1.29 is 9.59 Å². The predicted molar refractivity (Wildman–Crippen MR) is 118 cm³/mol. The van der Waals surface area contributed by atoms with Crippen LogP contribution in [-0.2, 0) is 29.1 Å². The Hall–Kier alpha value is -2.62. The number of benzene rings is 2. The van der Waals surface area contributed by atoms with E-state index in [9.17, 15) is 9.59 Å². The molecule has 2 fully saturated rings. The van der Waals surface area contributed by atoms with Crippen LogP contribution in [0, 0.1) is 17.8 Å². The van der Waals surface area contributed by atoms with Gasteiger partial charge in [-0.1, -0.05) is 48.9 Å². The quantitative estimate of drug-likeness (QED) is 0.813. The van der Waals surface area contributed by atoms with E-state index in [1.807, 2.05) is 0 Å². The Kier molecular flexibility index (Phi) is 5.32. The summed E-state index contributed by atoms with van der Waals surface area (Å²) in [5.74, 6) is 0.803. The van der Waals surface area contributed by atoms with Crippen LogP contribution in [0.2, 0.25) is 0 Å². The van der Waals surface area contributed by atoms with Gasteiger partial charge in [0.25, 0.3) is 0 Å². The molecule has 1 N–H and O–H groups in total. The molecule has 0 radical (unpaired) electrons. The van der Waals surface area contributed by atoms with Crippen LogP contribution in [0.3, 0.4) is 0 Å². The van der Waals surface area contributed by atoms with E-state index in [1.54, 1.807) is 0 Å². The minimum Gasteiger partial charge on any atom is -0.367 e. The highest BCUT2D eigenvalue weighted by Crippen LogP contribution is 2.40. The van der Waals surface area contributed by atoms with Gasteiger partial charge in [-0.05, 0) is 54.9 Å². The number of rotatable bonds is 5. The van der Waals surface area contributed by atoms with E-state index in [1.165, 1.54) is 16.8 Å². The molecule has 0 aromatic heterocycles. The fourth-order valence-corrected chi connectivity index (χ4v) is 5.58. The third-order valence-electron chi connectivity index (χ3n) is 7.27. The number of amides is 1. The number of fused-ring (bicyclic) bond motifs is 3. The maximum atomic E-state index is 12.7. The second kappa shape index (κ2) is 8.25. The van der Waals surface area contributed by atoms with E-state index >= 15 is 0 Å². The molecule has 2 saturated carbocycles. The Morgan fingerprint density at radius 2 is 1.67 bits per heavy atom. The van der Waals surface area contributed by atoms with Crippen molar-refractivity contribution in [2.24, 2.45) is 17.8 Å². The lowest BCUT2D eigenvalue weighted by Crippen LogP contribution is -2.42. The van der Waals surface area contributed by atoms with Gasteiger partial charge >= 0.3 is 0 Å². The van der Waals surface area contributed by atoms with Gasteiger partial charge in [-0.3, -0.25) is 9.59 Å². The van der Waals surface area contributed by atoms with E-state index in [2.05, 4.69) is 58.7 Å². The van der Waals surface area contributed by atoms with E-state index in [0.717, 1.165) is 57.2 Å². The highest BCUT2D eigenvalue weighted by molar-refractivity contribution is 5.88. The van der Waals surface area contributed by atoms with Crippen molar-refractivity contribution in [1.82, 2.24) is 5.32 Å². The van der Waals surface area contributed by atoms with Gasteiger partial charge in [0.15, 0.2) is 0 Å². The zero-order chi connectivity index (χ0) is 20.5. The van der Waals surface area contributed by atoms with Crippen LogP contribution in [0.5, 0.6) is 0 Å². The molecule has 0 saturated heterocycles. The summed E-state index contributed by atoms with van der Waals surface area (Å²) in [6, 6.07) is 17.2. The van der Waals surface area contributed by atoms with E-state index in [4.69, 9.17) is 0 Å². The summed E-state index contributed by atoms with van der Waals surface area (Å²) in [6.07, 6.45) is 5.71. The Bertz CT molecular complexity index is 920. The summed E-state index contributed by atoms with van der Waals surface area (Å²) in [5, 5.41) is 3.12. The summed E-state index contributed by atoms with van der Waals surface area (Å²) >= 11 is 0. The molecule has 2 aromatic rings. The number of hydrogen-bond donors (Lipinski definition) is 1. The SMILES string of the molecule is O=C(NCc1ccc(CN2CCc3ccccc32)cc1)C1C[C@H]2CCC[C@@H](C1)C2=O. The first-order valence-corrected chi connectivity index (χ1v) is 11.4. The number of Topliss-reactive ketones (excluding diaryl/α,β-unsaturated/α-hetero) is 1. The number of ketones is 1. The monoisotopic (exact) mass is 402 g/mol. The number of nitrogens with zero attached hydrogens (tertiary/aromatic N) is 1. The third kappa shape index (κ3) is 3.88. The van der Waals surface area contributed by atoms with Gasteiger partial charge in [0.1, 0.15) is 5.78 Å². The predicted octanol–water partition coefficient (Wildman–Crippen LogP) is 4.26. The average molecular weight is 403 g/mol. The molecule has 156 valence electrons. The zero-order valence-corrected chi connectivity index (χ0v) is 17.5. The first-order valence-electron chi connectivity index (χ1n) is 11.4. The molecule has 2 aromatic carbocycles. The highest BCUT2D eigenvalue weighted by atomic mass is 16.2. The molecule has 5 rings (SSSR count). The largest absolute Gasteiger partial charge is 0.367 e. The number of hydrogen-bond acceptors (Lipinski definition) is 3. The second-order valence-corrected chi connectivity index (χ2v) is 9.23. The minimum absolute atomic E-state index is 0.00695. The van der Waals surface area contributed by atoms with Crippen molar-refractivity contribution >= 4 is 17.4 Å². The van der Waals surface area contributed by atoms with Gasteiger partial charge in [0.2, 0.25) is 5.91 Å². The van der Waals surface area contributed by atoms with Gasteiger partial charge in [-0.2, -0.15) is 0 Å². The molecule has 1 heterocycles. The van der Waals surface area contributed by atoms with Crippen LogP contribution in [0.25, 0.3) is 0 Å². The molecule has 30 heavy (non-hydrogen) atoms. The molecule has 2 aliphatic carbocycles. The van der Waals surface area contributed by atoms with Gasteiger partial charge in [0.05, 0.1) is 0 Å². The minimum atomic E-state index is 0.00695. The van der Waals surface area contributed by atoms with Gasteiger partial charge in [0, 0.05) is 43.1 Å². The molecule has 1 unspecified atom stereocenters. The summed E-state index contributed by atoms with van der Waals surface area (Å²) < 4.78 is 0. The van der Waals surface area contributed by atoms with E-state index < -0.39 is 0 Å². The molecular weight excluding hydrogens is 372 g/mol. The van der Waals surface area contributed by atoms with Crippen molar-refractivity contribution in [3.05, 3.63) is 65.2 Å². The fourth-order valence-electron chi connectivity index (χ4n) is 5.58. The Morgan fingerprint density at radius 3 is 2.43 bits per heavy atom. The third-order valence-corrected chi connectivity index (χ3v) is 7.27. The van der Waals surface area contributed by atoms with E-state index in [0.29, 0.717) is 12.3 Å². The number of carbonyl (C=O) groups excluding carboxylic acids is 2. The molecule has 4 nitrogen and oxygen atoms in total. The first kappa shape index (κ1) is 19.3. The van der Waals surface area contributed by atoms with Crippen LogP contribution in [0.15, 0.2) is 48.5 Å². The summed E-state index contributed by atoms with van der Waals surface area (Å²) in [7, 11) is 0. The molecule has 3 atom stereocenters. The van der Waals surface area contributed by atoms with Gasteiger partial charge in [-0.15, -0.1) is 0 Å². The average Bonchev–Trinajstić information content (AvgIpc) is 3.16. The standard InChI is InChI=1S/C26H30N2O2/c29-25-21-5-3-6-22(25)15-23(14-21)26(30)27-16-18-8-10-19(11-9-18)17-28-13-12-20-4-1-2-7-24(20)28/h1-2,4,7-11,21-23H,3,5-6,12-17H2,(H,27,30)/t21-,22+,23?. The Morgan fingerprint density at radius 1 is 0.967 bits per heavy atom. The van der Waals surface area contributed by atoms with Crippen molar-refractivity contribution in [3.8, 4) is 0 Å². The number of para-hydroxylation sites is 1. The van der Waals surface area contributed by atoms with Crippen LogP contribution in [0.1, 0.15) is 48.8 Å². The first-order chi connectivity index (χ1) is 14.7. The van der Waals surface area contributed by atoms with Crippen molar-refractivity contribution in [1.29, 1.82) is 0 Å². The smallest absolute Gasteiger partial charge is 0.223 e. The van der Waals surface area contributed by atoms with Crippen molar-refractivity contribution in [2.45, 2.75) is 51.6 Å². The number of carbonyl (C=O) groups is 2. The summed E-state index contributed by atoms with van der Waals surface area (Å²) in [6.45, 7) is 2.55. The molecule has 0 spiro atoms. The fraction of sp³-hybridized carbons (Fsp3) is 0.462. The van der Waals surface area contributed by atoms with Crippen LogP contribution >= 0.6 is 0 Å². The lowest BCUT2D eigenvalue weighted by atomic mass is 9.67. The zero-order valence-electron chi connectivity index (χ0n) is 17.5. The summed E-state index contributed by atoms with van der Waals surface area (Å²) in [5.41, 5.74) is 5.20. The number of nitrogens with one attached hydrogen (secondary N) is 1. The Balaban J connectivity index is 1.14. The molecule has 4 heteroatoms. The van der Waals surface area contributed by atoms with E-state index in [-0.39, 0.29) is 23.7 Å². The van der Waals surface area contributed by atoms with Crippen LogP contribution in [0.4, 0.5) is 5.69 Å². The molecular formula is C26H30N2O2. The van der Waals surface area contributed by atoms with Gasteiger partial charge < -0.3 is 10.2 Å². The van der Waals surface area contributed by atoms with Crippen LogP contribution < -0.4 is 10.2 Å². The lowest BCUT2D eigenvalue weighted by Gasteiger charge is -2.36. The Labute approximate surface area is 178 Å². The lowest BCUT2D eigenvalue weighted by molar-refractivity contribution is -0.137. The highest BCUT2D eigenvalue weighted by Gasteiger charge is 2.41. The maximum absolute atomic E-state index is 12.7. The van der Waals surface area contributed by atoms with Crippen LogP contribution in [-0.4, -0.2) is 18.2 Å². The maximum Gasteiger partial charge on any atom is 0.223 e. The number of anilines is 1. The molecule has 3 aliphatic rings. The molecule has 1 aliphatic heterocycles. The molecule has 2 bridgehead atoms. The van der Waals surface area contributed by atoms with Gasteiger partial charge in [-0.25, -0.2) is 0 Å². The summed E-state index contributed by atoms with van der Waals surface area (Å²) in [4.78, 5) is 27.4.